The summed E-state index contributed by atoms with van der Waals surface area (Å²) in [5.74, 6) is 2.10. The van der Waals surface area contributed by atoms with Crippen LogP contribution < -0.4 is 4.74 Å². The van der Waals surface area contributed by atoms with Gasteiger partial charge in [0.15, 0.2) is 0 Å². The average molecular weight is 302 g/mol. The number of aliphatic imine (C=N–C) groups is 1. The predicted octanol–water partition coefficient (Wildman–Crippen LogP) is 4.22. The van der Waals surface area contributed by atoms with E-state index < -0.39 is 0 Å². The van der Waals surface area contributed by atoms with E-state index in [9.17, 15) is 0 Å². The Morgan fingerprint density at radius 1 is 1.25 bits per heavy atom. The van der Waals surface area contributed by atoms with Crippen molar-refractivity contribution in [3.8, 4) is 5.75 Å². The van der Waals surface area contributed by atoms with Crippen molar-refractivity contribution in [2.24, 2.45) is 4.99 Å². The Kier molecular flexibility index (Phi) is 4.18. The van der Waals surface area contributed by atoms with Crippen molar-refractivity contribution >= 4 is 49.6 Å². The van der Waals surface area contributed by atoms with E-state index in [0.717, 1.165) is 23.2 Å². The van der Waals surface area contributed by atoms with Gasteiger partial charge in [-0.25, -0.2) is 4.98 Å². The van der Waals surface area contributed by atoms with E-state index in [1.54, 1.807) is 30.2 Å². The number of ether oxygens (including phenoxy) is 1. The first-order valence-electron chi connectivity index (χ1n) is 6.28. The molecule has 0 radical (unpaired) electrons. The summed E-state index contributed by atoms with van der Waals surface area (Å²) in [7, 11) is 1.69. The third kappa shape index (κ3) is 2.78. The summed E-state index contributed by atoms with van der Waals surface area (Å²) in [6.45, 7) is 1.03. The van der Waals surface area contributed by atoms with Gasteiger partial charge in [0, 0.05) is 17.7 Å². The molecule has 20 heavy (non-hydrogen) atoms. The Bertz CT molecular complexity index is 746. The van der Waals surface area contributed by atoms with Gasteiger partial charge in [-0.05, 0) is 23.6 Å². The van der Waals surface area contributed by atoms with Gasteiger partial charge in [0.2, 0.25) is 0 Å². The van der Waals surface area contributed by atoms with Crippen LogP contribution >= 0.6 is 23.1 Å². The summed E-state index contributed by atoms with van der Waals surface area (Å²) in [5.41, 5.74) is 4.81. The first kappa shape index (κ1) is 13.4. The first-order valence-corrected chi connectivity index (χ1v) is 8.21. The molecule has 0 N–H and O–H groups in total. The molecule has 3 nitrogen and oxygen atoms in total. The number of thioether (sulfide) groups is 1. The van der Waals surface area contributed by atoms with Crippen LogP contribution in [0.15, 0.2) is 40.8 Å². The molecule has 2 heterocycles. The summed E-state index contributed by atoms with van der Waals surface area (Å²) < 4.78 is 6.55. The number of benzene rings is 2. The van der Waals surface area contributed by atoms with Crippen molar-refractivity contribution in [1.29, 1.82) is 0 Å². The standard InChI is InChI=1S/C12H9NOS.C3H5NS/c1-14-11-4-2-3-8-5-12-10(6-9(8)11)13-7-15-12;1-2-5-3-4-1/h2-7H,1H3;3H,1-2H2. The third-order valence-electron chi connectivity index (χ3n) is 3.00. The van der Waals surface area contributed by atoms with Crippen LogP contribution in [0.3, 0.4) is 0 Å². The Morgan fingerprint density at radius 3 is 2.90 bits per heavy atom. The van der Waals surface area contributed by atoms with Crippen molar-refractivity contribution in [2.45, 2.75) is 0 Å². The second-order valence-electron chi connectivity index (χ2n) is 4.24. The first-order chi connectivity index (χ1) is 9.88. The number of fused-ring (bicyclic) bond motifs is 2. The Labute approximate surface area is 125 Å². The van der Waals surface area contributed by atoms with Crippen molar-refractivity contribution in [1.82, 2.24) is 4.98 Å². The molecule has 0 unspecified atom stereocenters. The normalized spacial score (nSPS) is 13.4. The summed E-state index contributed by atoms with van der Waals surface area (Å²) in [5, 5.41) is 2.32. The maximum atomic E-state index is 5.33. The Balaban J connectivity index is 0.000000205. The fraction of sp³-hybridized carbons (Fsp3) is 0.200. The molecule has 5 heteroatoms. The summed E-state index contributed by atoms with van der Waals surface area (Å²) in [6.07, 6.45) is 0. The molecule has 102 valence electrons. The smallest absolute Gasteiger partial charge is 0.126 e. The van der Waals surface area contributed by atoms with Gasteiger partial charge < -0.3 is 4.74 Å². The molecule has 4 rings (SSSR count). The molecule has 1 aromatic heterocycles. The molecule has 0 spiro atoms. The fourth-order valence-corrected chi connectivity index (χ4v) is 3.28. The maximum absolute atomic E-state index is 5.33. The number of rotatable bonds is 1. The van der Waals surface area contributed by atoms with Gasteiger partial charge in [-0.3, -0.25) is 4.99 Å². The largest absolute Gasteiger partial charge is 0.496 e. The molecule has 0 amide bonds. The minimum atomic E-state index is 0.905. The lowest BCUT2D eigenvalue weighted by Gasteiger charge is -2.04. The Hall–Kier alpha value is -1.59. The van der Waals surface area contributed by atoms with Crippen LogP contribution in [-0.4, -0.2) is 29.9 Å². The molecule has 0 bridgehead atoms. The van der Waals surface area contributed by atoms with Crippen molar-refractivity contribution in [2.75, 3.05) is 19.4 Å². The van der Waals surface area contributed by atoms with Gasteiger partial charge in [0.1, 0.15) is 5.75 Å². The highest BCUT2D eigenvalue weighted by atomic mass is 32.2. The van der Waals surface area contributed by atoms with Crippen LogP contribution in [0.1, 0.15) is 0 Å². The number of methoxy groups -OCH3 is 1. The molecule has 0 saturated carbocycles. The van der Waals surface area contributed by atoms with E-state index in [1.165, 1.54) is 15.8 Å². The van der Waals surface area contributed by atoms with E-state index in [2.05, 4.69) is 28.2 Å². The second-order valence-corrected chi connectivity index (χ2v) is 6.07. The van der Waals surface area contributed by atoms with Crippen LogP contribution in [0.4, 0.5) is 0 Å². The molecule has 0 saturated heterocycles. The van der Waals surface area contributed by atoms with E-state index in [4.69, 9.17) is 4.74 Å². The summed E-state index contributed by atoms with van der Waals surface area (Å²) in [4.78, 5) is 8.23. The van der Waals surface area contributed by atoms with Crippen molar-refractivity contribution in [3.05, 3.63) is 35.8 Å². The second kappa shape index (κ2) is 6.24. The zero-order valence-corrected chi connectivity index (χ0v) is 12.7. The van der Waals surface area contributed by atoms with Gasteiger partial charge in [0.05, 0.1) is 28.4 Å². The van der Waals surface area contributed by atoms with Crippen LogP contribution in [0.5, 0.6) is 5.75 Å². The predicted molar refractivity (Wildman–Crippen MR) is 89.5 cm³/mol. The van der Waals surface area contributed by atoms with Gasteiger partial charge in [0.25, 0.3) is 0 Å². The minimum Gasteiger partial charge on any atom is -0.496 e. The maximum Gasteiger partial charge on any atom is 0.126 e. The summed E-state index contributed by atoms with van der Waals surface area (Å²) in [6, 6.07) is 10.3. The van der Waals surface area contributed by atoms with Gasteiger partial charge in [-0.1, -0.05) is 12.1 Å². The third-order valence-corrected chi connectivity index (χ3v) is 4.51. The molecule has 3 aromatic rings. The number of hydrogen-bond acceptors (Lipinski definition) is 5. The molecule has 0 atom stereocenters. The lowest BCUT2D eigenvalue weighted by atomic mass is 10.1. The summed E-state index contributed by atoms with van der Waals surface area (Å²) >= 11 is 3.45. The monoisotopic (exact) mass is 302 g/mol. The average Bonchev–Trinajstić information content (AvgIpc) is 3.17. The molecule has 0 fully saturated rings. The number of hydrogen-bond donors (Lipinski definition) is 0. The van der Waals surface area contributed by atoms with E-state index in [-0.39, 0.29) is 0 Å². The van der Waals surface area contributed by atoms with Crippen molar-refractivity contribution in [3.63, 3.8) is 0 Å². The van der Waals surface area contributed by atoms with E-state index in [1.807, 2.05) is 23.2 Å². The van der Waals surface area contributed by atoms with Crippen molar-refractivity contribution < 1.29 is 4.74 Å². The van der Waals surface area contributed by atoms with Crippen LogP contribution in [0.25, 0.3) is 21.0 Å². The zero-order chi connectivity index (χ0) is 13.8. The minimum absolute atomic E-state index is 0.905. The molecule has 0 aliphatic carbocycles. The highest BCUT2D eigenvalue weighted by Crippen LogP contribution is 2.30. The molecule has 1 aliphatic rings. The van der Waals surface area contributed by atoms with Gasteiger partial charge in [-0.2, -0.15) is 0 Å². The number of nitrogens with zero attached hydrogens (tertiary/aromatic N) is 2. The highest BCUT2D eigenvalue weighted by molar-refractivity contribution is 8.12. The molecular weight excluding hydrogens is 288 g/mol. The van der Waals surface area contributed by atoms with Crippen LogP contribution in [0, 0.1) is 0 Å². The van der Waals surface area contributed by atoms with Crippen LogP contribution in [0.2, 0.25) is 0 Å². The lowest BCUT2D eigenvalue weighted by Crippen LogP contribution is -1.84. The molecule has 1 aliphatic heterocycles. The van der Waals surface area contributed by atoms with Gasteiger partial charge in [-0.15, -0.1) is 23.1 Å². The quantitative estimate of drug-likeness (QED) is 0.675. The van der Waals surface area contributed by atoms with Gasteiger partial charge >= 0.3 is 0 Å². The number of aromatic nitrogens is 1. The lowest BCUT2D eigenvalue weighted by molar-refractivity contribution is 0.420. The van der Waals surface area contributed by atoms with Crippen LogP contribution in [-0.2, 0) is 0 Å². The highest BCUT2D eigenvalue weighted by Gasteiger charge is 2.04. The zero-order valence-electron chi connectivity index (χ0n) is 11.1. The topological polar surface area (TPSA) is 34.5 Å². The molecular formula is C15H14N2OS2. The van der Waals surface area contributed by atoms with E-state index >= 15 is 0 Å². The number of thiazole rings is 1. The SMILES string of the molecule is C1=NCCS1.COc1cccc2cc3scnc3cc12. The molecule has 2 aromatic carbocycles. The van der Waals surface area contributed by atoms with E-state index in [0.29, 0.717) is 0 Å². The fourth-order valence-electron chi connectivity index (χ4n) is 2.04. The Morgan fingerprint density at radius 2 is 2.20 bits per heavy atom.